The summed E-state index contributed by atoms with van der Waals surface area (Å²) < 4.78 is 11.5. The molecule has 1 N–H and O–H groups in total. The Morgan fingerprint density at radius 2 is 1.86 bits per heavy atom. The summed E-state index contributed by atoms with van der Waals surface area (Å²) in [5.41, 5.74) is 4.71. The molecule has 116 valence electrons. The van der Waals surface area contributed by atoms with Crippen LogP contribution in [0.1, 0.15) is 18.1 Å². The smallest absolute Gasteiger partial charge is 0.161 e. The van der Waals surface area contributed by atoms with Crippen LogP contribution in [-0.4, -0.2) is 19.9 Å². The van der Waals surface area contributed by atoms with Crippen LogP contribution in [0.5, 0.6) is 11.5 Å². The Kier molecular flexibility index (Phi) is 6.10. The van der Waals surface area contributed by atoms with Crippen molar-refractivity contribution in [2.75, 3.05) is 13.7 Å². The lowest BCUT2D eigenvalue weighted by atomic mass is 10.2. The molecule has 4 nitrogen and oxygen atoms in total. The summed E-state index contributed by atoms with van der Waals surface area (Å²) in [5, 5.41) is 4.71. The summed E-state index contributed by atoms with van der Waals surface area (Å²) in [6.07, 6.45) is 1.73. The molecule has 0 aliphatic heterocycles. The van der Waals surface area contributed by atoms with Crippen molar-refractivity contribution in [2.45, 2.75) is 13.5 Å². The van der Waals surface area contributed by atoms with E-state index in [2.05, 4.69) is 10.5 Å². The first-order chi connectivity index (χ1) is 10.7. The van der Waals surface area contributed by atoms with Gasteiger partial charge in [0.15, 0.2) is 11.5 Å². The molecule has 0 saturated carbocycles. The molecule has 0 aromatic heterocycles. The van der Waals surface area contributed by atoms with E-state index in [1.54, 1.807) is 13.3 Å². The number of nitrogens with zero attached hydrogens (tertiary/aromatic N) is 1. The first kappa shape index (κ1) is 16.2. The van der Waals surface area contributed by atoms with Gasteiger partial charge in [-0.25, -0.2) is 0 Å². The lowest BCUT2D eigenvalue weighted by Crippen LogP contribution is -2.01. The molecule has 2 rings (SSSR count). The lowest BCUT2D eigenvalue weighted by molar-refractivity contribution is 0.269. The number of benzene rings is 2. The van der Waals surface area contributed by atoms with E-state index >= 15 is 0 Å². The molecule has 0 spiro atoms. The Balaban J connectivity index is 2.11. The molecule has 5 heteroatoms. The summed E-state index contributed by atoms with van der Waals surface area (Å²) in [6.45, 7) is 2.97. The number of halogens is 1. The number of hydrogen-bond donors (Lipinski definition) is 1. The van der Waals surface area contributed by atoms with Crippen molar-refractivity contribution in [3.63, 3.8) is 0 Å². The minimum absolute atomic E-state index is 0.460. The van der Waals surface area contributed by atoms with Crippen molar-refractivity contribution in [3.8, 4) is 11.5 Å². The van der Waals surface area contributed by atoms with E-state index < -0.39 is 0 Å². The standard InChI is InChI=1S/C17H19ClN2O2/c1-3-21-17-10-14(11-20-19-2)6-9-16(17)22-12-13-4-7-15(18)8-5-13/h4-11,19H,3,12H2,1-2H3/b20-11+. The number of hydrazone groups is 1. The zero-order valence-electron chi connectivity index (χ0n) is 12.7. The predicted octanol–water partition coefficient (Wildman–Crippen LogP) is 3.87. The number of nitrogens with one attached hydrogen (secondary N) is 1. The number of ether oxygens (including phenoxy) is 2. The Labute approximate surface area is 135 Å². The summed E-state index contributed by atoms with van der Waals surface area (Å²) in [6, 6.07) is 13.3. The van der Waals surface area contributed by atoms with Gasteiger partial charge < -0.3 is 14.9 Å². The molecule has 0 amide bonds. The van der Waals surface area contributed by atoms with E-state index in [-0.39, 0.29) is 0 Å². The van der Waals surface area contributed by atoms with Crippen molar-refractivity contribution < 1.29 is 9.47 Å². The van der Waals surface area contributed by atoms with Gasteiger partial charge in [-0.15, -0.1) is 0 Å². The molecule has 0 saturated heterocycles. The zero-order chi connectivity index (χ0) is 15.8. The number of hydrogen-bond acceptors (Lipinski definition) is 4. The minimum Gasteiger partial charge on any atom is -0.490 e. The molecule has 22 heavy (non-hydrogen) atoms. The molecular weight excluding hydrogens is 300 g/mol. The molecule has 0 aliphatic rings. The average Bonchev–Trinajstić information content (AvgIpc) is 2.54. The van der Waals surface area contributed by atoms with Crippen LogP contribution in [-0.2, 0) is 6.61 Å². The topological polar surface area (TPSA) is 42.8 Å². The highest BCUT2D eigenvalue weighted by atomic mass is 35.5. The van der Waals surface area contributed by atoms with E-state index in [4.69, 9.17) is 21.1 Å². The largest absolute Gasteiger partial charge is 0.490 e. The first-order valence-electron chi connectivity index (χ1n) is 7.07. The monoisotopic (exact) mass is 318 g/mol. The fourth-order valence-electron chi connectivity index (χ4n) is 1.87. The van der Waals surface area contributed by atoms with Crippen LogP contribution in [0.4, 0.5) is 0 Å². The van der Waals surface area contributed by atoms with Gasteiger partial charge in [0.1, 0.15) is 6.61 Å². The summed E-state index contributed by atoms with van der Waals surface area (Å²) in [5.74, 6) is 1.41. The summed E-state index contributed by atoms with van der Waals surface area (Å²) in [7, 11) is 1.75. The van der Waals surface area contributed by atoms with Gasteiger partial charge in [0, 0.05) is 12.1 Å². The van der Waals surface area contributed by atoms with Gasteiger partial charge in [0.2, 0.25) is 0 Å². The Morgan fingerprint density at radius 1 is 1.09 bits per heavy atom. The maximum Gasteiger partial charge on any atom is 0.161 e. The van der Waals surface area contributed by atoms with Crippen molar-refractivity contribution >= 4 is 17.8 Å². The van der Waals surface area contributed by atoms with Crippen LogP contribution in [0, 0.1) is 0 Å². The van der Waals surface area contributed by atoms with Crippen LogP contribution < -0.4 is 14.9 Å². The van der Waals surface area contributed by atoms with E-state index in [1.807, 2.05) is 49.4 Å². The summed E-state index contributed by atoms with van der Waals surface area (Å²) >= 11 is 5.88. The highest BCUT2D eigenvalue weighted by molar-refractivity contribution is 6.30. The fourth-order valence-corrected chi connectivity index (χ4v) is 2.00. The SMILES string of the molecule is CCOc1cc(/C=N/NC)ccc1OCc1ccc(Cl)cc1. The molecule has 0 heterocycles. The molecular formula is C17H19ClN2O2. The molecule has 2 aromatic carbocycles. The van der Waals surface area contributed by atoms with Crippen molar-refractivity contribution in [2.24, 2.45) is 5.10 Å². The molecule has 2 aromatic rings. The summed E-state index contributed by atoms with van der Waals surface area (Å²) in [4.78, 5) is 0. The second-order valence-electron chi connectivity index (χ2n) is 4.54. The van der Waals surface area contributed by atoms with Gasteiger partial charge in [-0.3, -0.25) is 0 Å². The van der Waals surface area contributed by atoms with Crippen LogP contribution in [0.2, 0.25) is 5.02 Å². The maximum atomic E-state index is 5.88. The molecule has 0 fully saturated rings. The van der Waals surface area contributed by atoms with Crippen LogP contribution in [0.3, 0.4) is 0 Å². The Morgan fingerprint density at radius 3 is 2.55 bits per heavy atom. The highest BCUT2D eigenvalue weighted by Gasteiger charge is 2.06. The normalized spacial score (nSPS) is 10.7. The van der Waals surface area contributed by atoms with Crippen molar-refractivity contribution in [1.82, 2.24) is 5.43 Å². The maximum absolute atomic E-state index is 5.88. The van der Waals surface area contributed by atoms with E-state index in [0.29, 0.717) is 29.7 Å². The van der Waals surface area contributed by atoms with Crippen molar-refractivity contribution in [1.29, 1.82) is 0 Å². The third-order valence-electron chi connectivity index (χ3n) is 2.92. The second-order valence-corrected chi connectivity index (χ2v) is 4.97. The van der Waals surface area contributed by atoms with Gasteiger partial charge in [0.05, 0.1) is 12.8 Å². The van der Waals surface area contributed by atoms with Gasteiger partial charge in [-0.1, -0.05) is 23.7 Å². The third-order valence-corrected chi connectivity index (χ3v) is 3.17. The number of rotatable bonds is 7. The van der Waals surface area contributed by atoms with Gasteiger partial charge >= 0.3 is 0 Å². The predicted molar refractivity (Wildman–Crippen MR) is 90.0 cm³/mol. The van der Waals surface area contributed by atoms with Gasteiger partial charge in [-0.05, 0) is 48.4 Å². The molecule has 0 bridgehead atoms. The molecule has 0 unspecified atom stereocenters. The highest BCUT2D eigenvalue weighted by Crippen LogP contribution is 2.29. The average molecular weight is 319 g/mol. The van der Waals surface area contributed by atoms with Crippen LogP contribution in [0.15, 0.2) is 47.6 Å². The molecule has 0 aliphatic carbocycles. The van der Waals surface area contributed by atoms with E-state index in [9.17, 15) is 0 Å². The van der Waals surface area contributed by atoms with E-state index in [1.165, 1.54) is 0 Å². The van der Waals surface area contributed by atoms with Crippen LogP contribution in [0.25, 0.3) is 0 Å². The first-order valence-corrected chi connectivity index (χ1v) is 7.44. The third kappa shape index (κ3) is 4.67. The van der Waals surface area contributed by atoms with Gasteiger partial charge in [-0.2, -0.15) is 5.10 Å². The second kappa shape index (κ2) is 8.29. The van der Waals surface area contributed by atoms with Gasteiger partial charge in [0.25, 0.3) is 0 Å². The quantitative estimate of drug-likeness (QED) is 0.622. The zero-order valence-corrected chi connectivity index (χ0v) is 13.4. The van der Waals surface area contributed by atoms with E-state index in [0.717, 1.165) is 11.1 Å². The van der Waals surface area contributed by atoms with Crippen molar-refractivity contribution in [3.05, 3.63) is 58.6 Å². The minimum atomic E-state index is 0.460. The Hall–Kier alpha value is -2.20. The molecule has 0 radical (unpaired) electrons. The lowest BCUT2D eigenvalue weighted by Gasteiger charge is -2.12. The fraction of sp³-hybridized carbons (Fsp3) is 0.235. The van der Waals surface area contributed by atoms with Crippen LogP contribution >= 0.6 is 11.6 Å². The Bertz CT molecular complexity index is 627. The molecule has 0 atom stereocenters.